The molecule has 2 rings (SSSR count). The fourth-order valence-electron chi connectivity index (χ4n) is 1.53. The number of primary amides is 1. The second-order valence-electron chi connectivity index (χ2n) is 3.57. The van der Waals surface area contributed by atoms with Gasteiger partial charge in [0, 0.05) is 5.56 Å². The van der Waals surface area contributed by atoms with Gasteiger partial charge in [0.15, 0.2) is 5.69 Å². The Morgan fingerprint density at radius 2 is 2.06 bits per heavy atom. The number of carbonyl (C=O) groups excluding carboxylic acids is 1. The van der Waals surface area contributed by atoms with E-state index in [1.54, 1.807) is 0 Å². The predicted octanol–water partition coefficient (Wildman–Crippen LogP) is 1.64. The average Bonchev–Trinajstić information content (AvgIpc) is 2.40. The molecule has 0 spiro atoms. The quantitative estimate of drug-likeness (QED) is 0.885. The molecule has 1 amide bonds. The van der Waals surface area contributed by atoms with E-state index in [9.17, 15) is 4.79 Å². The smallest absolute Gasteiger partial charge is 0.272 e. The maximum Gasteiger partial charge on any atom is 0.272 e. The molecule has 0 aliphatic carbocycles. The van der Waals surface area contributed by atoms with Gasteiger partial charge in [-0.05, 0) is 6.92 Å². The maximum atomic E-state index is 11.2. The molecule has 1 heterocycles. The van der Waals surface area contributed by atoms with Crippen molar-refractivity contribution in [2.75, 3.05) is 6.61 Å². The van der Waals surface area contributed by atoms with Gasteiger partial charge in [0.1, 0.15) is 0 Å². The van der Waals surface area contributed by atoms with Crippen molar-refractivity contribution in [2.24, 2.45) is 5.73 Å². The summed E-state index contributed by atoms with van der Waals surface area (Å²) in [7, 11) is 0. The molecule has 0 atom stereocenters. The number of aromatic nitrogens is 2. The molecular weight excluding hydrogens is 230 g/mol. The van der Waals surface area contributed by atoms with Crippen molar-refractivity contribution in [3.05, 3.63) is 42.2 Å². The summed E-state index contributed by atoms with van der Waals surface area (Å²) < 4.78 is 5.29. The summed E-state index contributed by atoms with van der Waals surface area (Å²) in [6.07, 6.45) is 1.51. The highest BCUT2D eigenvalue weighted by atomic mass is 16.5. The molecule has 0 saturated heterocycles. The Balaban J connectivity index is 2.46. The molecule has 1 aromatic carbocycles. The lowest BCUT2D eigenvalue weighted by atomic mass is 10.2. The number of nitrogens with two attached hydrogens (primary N) is 1. The lowest BCUT2D eigenvalue weighted by Crippen LogP contribution is -2.16. The highest BCUT2D eigenvalue weighted by Gasteiger charge is 2.14. The molecule has 0 bridgehead atoms. The number of rotatable bonds is 4. The number of carbonyl (C=O) groups is 1. The standard InChI is InChI=1S/C13H13N3O2/c1-2-18-13-11(12(14)17)15-8-10(16-13)9-6-4-3-5-7-9/h3-8H,2H2,1H3,(H2,14,17). The zero-order valence-electron chi connectivity index (χ0n) is 9.96. The first-order valence-electron chi connectivity index (χ1n) is 5.57. The van der Waals surface area contributed by atoms with Crippen LogP contribution in [0.5, 0.6) is 5.88 Å². The minimum absolute atomic E-state index is 0.0523. The Bertz CT molecular complexity index is 555. The van der Waals surface area contributed by atoms with Crippen LogP contribution in [0.3, 0.4) is 0 Å². The largest absolute Gasteiger partial charge is 0.476 e. The van der Waals surface area contributed by atoms with Crippen LogP contribution >= 0.6 is 0 Å². The Morgan fingerprint density at radius 3 is 2.67 bits per heavy atom. The van der Waals surface area contributed by atoms with Crippen LogP contribution in [0, 0.1) is 0 Å². The molecule has 0 aliphatic rings. The molecule has 18 heavy (non-hydrogen) atoms. The van der Waals surface area contributed by atoms with Crippen LogP contribution in [0.1, 0.15) is 17.4 Å². The van der Waals surface area contributed by atoms with Crippen molar-refractivity contribution in [1.29, 1.82) is 0 Å². The van der Waals surface area contributed by atoms with Crippen LogP contribution in [0.2, 0.25) is 0 Å². The topological polar surface area (TPSA) is 78.1 Å². The molecule has 1 aromatic heterocycles. The molecule has 5 heteroatoms. The SMILES string of the molecule is CCOc1nc(-c2ccccc2)cnc1C(N)=O. The van der Waals surface area contributed by atoms with Gasteiger partial charge in [-0.3, -0.25) is 4.79 Å². The average molecular weight is 243 g/mol. The highest BCUT2D eigenvalue weighted by Crippen LogP contribution is 2.20. The van der Waals surface area contributed by atoms with Crippen molar-refractivity contribution < 1.29 is 9.53 Å². The van der Waals surface area contributed by atoms with Crippen LogP contribution in [-0.4, -0.2) is 22.5 Å². The number of hydrogen-bond donors (Lipinski definition) is 1. The zero-order chi connectivity index (χ0) is 13.0. The van der Waals surface area contributed by atoms with E-state index in [4.69, 9.17) is 10.5 Å². The first kappa shape index (κ1) is 12.0. The highest BCUT2D eigenvalue weighted by molar-refractivity contribution is 5.93. The van der Waals surface area contributed by atoms with Gasteiger partial charge in [0.2, 0.25) is 5.88 Å². The zero-order valence-corrected chi connectivity index (χ0v) is 9.96. The van der Waals surface area contributed by atoms with Crippen LogP contribution in [0.25, 0.3) is 11.3 Å². The monoisotopic (exact) mass is 243 g/mol. The van der Waals surface area contributed by atoms with Gasteiger partial charge in [0.05, 0.1) is 18.5 Å². The Kier molecular flexibility index (Phi) is 3.52. The number of amides is 1. The van der Waals surface area contributed by atoms with E-state index in [1.807, 2.05) is 37.3 Å². The minimum Gasteiger partial charge on any atom is -0.476 e. The third-order valence-electron chi connectivity index (χ3n) is 2.32. The van der Waals surface area contributed by atoms with E-state index in [0.29, 0.717) is 12.3 Å². The third kappa shape index (κ3) is 2.45. The second-order valence-corrected chi connectivity index (χ2v) is 3.57. The molecule has 2 N–H and O–H groups in total. The molecule has 0 radical (unpaired) electrons. The summed E-state index contributed by atoms with van der Waals surface area (Å²) in [5, 5.41) is 0. The Hall–Kier alpha value is -2.43. The number of hydrogen-bond acceptors (Lipinski definition) is 4. The molecule has 0 saturated carbocycles. The summed E-state index contributed by atoms with van der Waals surface area (Å²) in [5.41, 5.74) is 6.81. The summed E-state index contributed by atoms with van der Waals surface area (Å²) in [6.45, 7) is 2.20. The van der Waals surface area contributed by atoms with E-state index >= 15 is 0 Å². The van der Waals surface area contributed by atoms with Crippen molar-refractivity contribution >= 4 is 5.91 Å². The van der Waals surface area contributed by atoms with E-state index in [2.05, 4.69) is 9.97 Å². The molecule has 2 aromatic rings. The summed E-state index contributed by atoms with van der Waals surface area (Å²) in [6, 6.07) is 9.53. The van der Waals surface area contributed by atoms with Gasteiger partial charge >= 0.3 is 0 Å². The predicted molar refractivity (Wildman–Crippen MR) is 67.2 cm³/mol. The van der Waals surface area contributed by atoms with E-state index in [-0.39, 0.29) is 11.6 Å². The molecular formula is C13H13N3O2. The number of benzene rings is 1. The molecule has 0 aliphatic heterocycles. The lowest BCUT2D eigenvalue weighted by molar-refractivity contribution is 0.0990. The second kappa shape index (κ2) is 5.27. The van der Waals surface area contributed by atoms with E-state index < -0.39 is 5.91 Å². The van der Waals surface area contributed by atoms with Crippen molar-refractivity contribution in [2.45, 2.75) is 6.92 Å². The minimum atomic E-state index is -0.648. The van der Waals surface area contributed by atoms with Gasteiger partial charge in [-0.2, -0.15) is 0 Å². The van der Waals surface area contributed by atoms with Crippen molar-refractivity contribution in [1.82, 2.24) is 9.97 Å². The summed E-state index contributed by atoms with van der Waals surface area (Å²) in [5.74, 6) is -0.475. The van der Waals surface area contributed by atoms with Gasteiger partial charge in [-0.15, -0.1) is 0 Å². The summed E-state index contributed by atoms with van der Waals surface area (Å²) >= 11 is 0. The maximum absolute atomic E-state index is 11.2. The van der Waals surface area contributed by atoms with Crippen molar-refractivity contribution in [3.8, 4) is 17.1 Å². The van der Waals surface area contributed by atoms with Crippen LogP contribution < -0.4 is 10.5 Å². The molecule has 92 valence electrons. The molecule has 5 nitrogen and oxygen atoms in total. The number of nitrogens with zero attached hydrogens (tertiary/aromatic N) is 2. The fourth-order valence-corrected chi connectivity index (χ4v) is 1.53. The Labute approximate surface area is 105 Å². The van der Waals surface area contributed by atoms with E-state index in [1.165, 1.54) is 6.20 Å². The molecule has 0 fully saturated rings. The van der Waals surface area contributed by atoms with Gasteiger partial charge in [0.25, 0.3) is 5.91 Å². The molecule has 0 unspecified atom stereocenters. The first-order valence-corrected chi connectivity index (χ1v) is 5.57. The number of ether oxygens (including phenoxy) is 1. The van der Waals surface area contributed by atoms with Gasteiger partial charge in [-0.1, -0.05) is 30.3 Å². The van der Waals surface area contributed by atoms with Gasteiger partial charge < -0.3 is 10.5 Å². The Morgan fingerprint density at radius 1 is 1.33 bits per heavy atom. The summed E-state index contributed by atoms with van der Waals surface area (Å²) in [4.78, 5) is 19.5. The van der Waals surface area contributed by atoms with Crippen LogP contribution in [0.4, 0.5) is 0 Å². The lowest BCUT2D eigenvalue weighted by Gasteiger charge is -2.07. The fraction of sp³-hybridized carbons (Fsp3) is 0.154. The van der Waals surface area contributed by atoms with E-state index in [0.717, 1.165) is 5.56 Å². The normalized spacial score (nSPS) is 10.1. The third-order valence-corrected chi connectivity index (χ3v) is 2.32. The van der Waals surface area contributed by atoms with Crippen molar-refractivity contribution in [3.63, 3.8) is 0 Å². The first-order chi connectivity index (χ1) is 8.72. The van der Waals surface area contributed by atoms with Crippen LogP contribution in [-0.2, 0) is 0 Å². The van der Waals surface area contributed by atoms with Gasteiger partial charge in [-0.25, -0.2) is 9.97 Å². The van der Waals surface area contributed by atoms with Crippen LogP contribution in [0.15, 0.2) is 36.5 Å².